The van der Waals surface area contributed by atoms with E-state index < -0.39 is 10.0 Å². The van der Waals surface area contributed by atoms with Crippen molar-refractivity contribution < 1.29 is 8.42 Å². The quantitative estimate of drug-likeness (QED) is 0.903. The van der Waals surface area contributed by atoms with Gasteiger partial charge in [-0.2, -0.15) is 4.31 Å². The van der Waals surface area contributed by atoms with Crippen molar-refractivity contribution in [2.24, 2.45) is 17.6 Å². The van der Waals surface area contributed by atoms with E-state index in [4.69, 9.17) is 5.73 Å². The predicted octanol–water partition coefficient (Wildman–Crippen LogP) is 2.98. The first-order valence-corrected chi connectivity index (χ1v) is 9.69. The highest BCUT2D eigenvalue weighted by atomic mass is 35.5. The minimum absolute atomic E-state index is 0. The monoisotopic (exact) mass is 358 g/mol. The molecule has 0 radical (unpaired) electrons. The zero-order chi connectivity index (χ0) is 15.9. The van der Waals surface area contributed by atoms with Gasteiger partial charge in [0, 0.05) is 19.1 Å². The molecule has 2 N–H and O–H groups in total. The predicted molar refractivity (Wildman–Crippen MR) is 95.3 cm³/mol. The summed E-state index contributed by atoms with van der Waals surface area (Å²) in [4.78, 5) is 0.407. The first-order chi connectivity index (χ1) is 10.4. The lowest BCUT2D eigenvalue weighted by atomic mass is 9.78. The minimum Gasteiger partial charge on any atom is -0.327 e. The molecule has 1 saturated heterocycles. The van der Waals surface area contributed by atoms with Gasteiger partial charge in [-0.25, -0.2) is 8.42 Å². The van der Waals surface area contributed by atoms with Crippen molar-refractivity contribution in [3.63, 3.8) is 0 Å². The van der Waals surface area contributed by atoms with Crippen molar-refractivity contribution in [2.45, 2.75) is 50.0 Å². The minimum atomic E-state index is -3.39. The Labute approximate surface area is 145 Å². The van der Waals surface area contributed by atoms with E-state index in [1.165, 1.54) is 0 Å². The van der Waals surface area contributed by atoms with Crippen LogP contribution in [0.2, 0.25) is 0 Å². The topological polar surface area (TPSA) is 63.4 Å². The zero-order valence-electron chi connectivity index (χ0n) is 13.8. The third-order valence-electron chi connectivity index (χ3n) is 5.30. The fraction of sp³-hybridized carbons (Fsp3) is 0.647. The smallest absolute Gasteiger partial charge is 0.243 e. The highest BCUT2D eigenvalue weighted by Gasteiger charge is 2.43. The molecule has 3 unspecified atom stereocenters. The van der Waals surface area contributed by atoms with E-state index in [9.17, 15) is 8.42 Å². The van der Waals surface area contributed by atoms with Crippen molar-refractivity contribution in [1.29, 1.82) is 0 Å². The Morgan fingerprint density at radius 1 is 1.13 bits per heavy atom. The van der Waals surface area contributed by atoms with Crippen LogP contribution in [0, 0.1) is 11.8 Å². The highest BCUT2D eigenvalue weighted by Crippen LogP contribution is 2.37. The number of benzene rings is 1. The first kappa shape index (κ1) is 18.7. The maximum atomic E-state index is 12.9. The molecule has 0 aromatic heterocycles. The van der Waals surface area contributed by atoms with E-state index in [0.29, 0.717) is 35.7 Å². The molecule has 4 nitrogen and oxygen atoms in total. The van der Waals surface area contributed by atoms with Crippen molar-refractivity contribution >= 4 is 22.4 Å². The number of halogens is 1. The maximum absolute atomic E-state index is 12.9. The van der Waals surface area contributed by atoms with Gasteiger partial charge in [0.25, 0.3) is 0 Å². The van der Waals surface area contributed by atoms with Crippen molar-refractivity contribution in [3.8, 4) is 0 Å². The summed E-state index contributed by atoms with van der Waals surface area (Å²) in [6, 6.07) is 7.49. The molecule has 1 saturated carbocycles. The SMILES string of the molecule is CC(C)c1ccc(S(=O)(=O)N2CC3CCCC(N)C3C2)cc1.Cl. The van der Waals surface area contributed by atoms with Gasteiger partial charge < -0.3 is 5.73 Å². The molecular formula is C17H27ClN2O2S. The summed E-state index contributed by atoms with van der Waals surface area (Å²) >= 11 is 0. The fourth-order valence-electron chi connectivity index (χ4n) is 3.85. The Hall–Kier alpha value is -0.620. The summed E-state index contributed by atoms with van der Waals surface area (Å²) in [6.07, 6.45) is 3.26. The molecule has 0 spiro atoms. The van der Waals surface area contributed by atoms with Gasteiger partial charge in [-0.05, 0) is 48.3 Å². The molecule has 6 heteroatoms. The average molecular weight is 359 g/mol. The van der Waals surface area contributed by atoms with Gasteiger partial charge in [-0.1, -0.05) is 32.4 Å². The molecule has 23 heavy (non-hydrogen) atoms. The van der Waals surface area contributed by atoms with Gasteiger partial charge in [0.2, 0.25) is 10.0 Å². The Morgan fingerprint density at radius 3 is 2.35 bits per heavy atom. The van der Waals surface area contributed by atoms with Crippen molar-refractivity contribution in [1.82, 2.24) is 4.31 Å². The number of nitrogens with two attached hydrogens (primary N) is 1. The van der Waals surface area contributed by atoms with Gasteiger partial charge in [0.05, 0.1) is 4.90 Å². The van der Waals surface area contributed by atoms with Gasteiger partial charge in [0.15, 0.2) is 0 Å². The Kier molecular flexibility index (Phi) is 5.77. The summed E-state index contributed by atoms with van der Waals surface area (Å²) in [5.74, 6) is 1.18. The molecule has 1 aromatic carbocycles. The second-order valence-electron chi connectivity index (χ2n) is 7.06. The molecule has 3 atom stereocenters. The van der Waals surface area contributed by atoms with Crippen LogP contribution in [0.15, 0.2) is 29.2 Å². The lowest BCUT2D eigenvalue weighted by Gasteiger charge is -2.29. The Bertz CT molecular complexity index is 630. The van der Waals surface area contributed by atoms with Crippen LogP contribution in [-0.4, -0.2) is 31.9 Å². The van der Waals surface area contributed by atoms with Crippen LogP contribution in [0.5, 0.6) is 0 Å². The van der Waals surface area contributed by atoms with Crippen molar-refractivity contribution in [3.05, 3.63) is 29.8 Å². The number of fused-ring (bicyclic) bond motifs is 1. The first-order valence-electron chi connectivity index (χ1n) is 8.25. The molecule has 0 amide bonds. The molecule has 130 valence electrons. The van der Waals surface area contributed by atoms with Crippen LogP contribution >= 0.6 is 12.4 Å². The third-order valence-corrected chi connectivity index (χ3v) is 7.15. The van der Waals surface area contributed by atoms with Crippen LogP contribution in [0.25, 0.3) is 0 Å². The molecular weight excluding hydrogens is 332 g/mol. The summed E-state index contributed by atoms with van der Waals surface area (Å²) in [5.41, 5.74) is 7.36. The number of hydrogen-bond acceptors (Lipinski definition) is 3. The van der Waals surface area contributed by atoms with Crippen LogP contribution in [0.3, 0.4) is 0 Å². The van der Waals surface area contributed by atoms with E-state index in [0.717, 1.165) is 24.8 Å². The summed E-state index contributed by atoms with van der Waals surface area (Å²) < 4.78 is 27.4. The molecule has 1 aromatic rings. The second-order valence-corrected chi connectivity index (χ2v) is 9.00. The van der Waals surface area contributed by atoms with Gasteiger partial charge in [0.1, 0.15) is 0 Å². The van der Waals surface area contributed by atoms with E-state index in [1.54, 1.807) is 16.4 Å². The average Bonchev–Trinajstić information content (AvgIpc) is 2.94. The Balaban J connectivity index is 0.00000192. The van der Waals surface area contributed by atoms with E-state index in [-0.39, 0.29) is 18.4 Å². The molecule has 1 aliphatic heterocycles. The fourth-order valence-corrected chi connectivity index (χ4v) is 5.38. The van der Waals surface area contributed by atoms with Gasteiger partial charge in [-0.15, -0.1) is 12.4 Å². The van der Waals surface area contributed by atoms with E-state index in [1.807, 2.05) is 12.1 Å². The van der Waals surface area contributed by atoms with Gasteiger partial charge in [-0.3, -0.25) is 0 Å². The lowest BCUT2D eigenvalue weighted by molar-refractivity contribution is 0.260. The normalized spacial score (nSPS) is 28.4. The van der Waals surface area contributed by atoms with E-state index >= 15 is 0 Å². The zero-order valence-corrected chi connectivity index (χ0v) is 15.4. The molecule has 2 fully saturated rings. The maximum Gasteiger partial charge on any atom is 0.243 e. The van der Waals surface area contributed by atoms with Gasteiger partial charge >= 0.3 is 0 Å². The summed E-state index contributed by atoms with van der Waals surface area (Å²) in [5, 5.41) is 0. The molecule has 3 rings (SSSR count). The second kappa shape index (κ2) is 7.09. The molecule has 0 bridgehead atoms. The van der Waals surface area contributed by atoms with Crippen LogP contribution in [0.1, 0.15) is 44.6 Å². The number of nitrogens with zero attached hydrogens (tertiary/aromatic N) is 1. The third kappa shape index (κ3) is 3.58. The number of hydrogen-bond donors (Lipinski definition) is 1. The van der Waals surface area contributed by atoms with Crippen LogP contribution in [-0.2, 0) is 10.0 Å². The van der Waals surface area contributed by atoms with E-state index in [2.05, 4.69) is 13.8 Å². The van der Waals surface area contributed by atoms with Crippen molar-refractivity contribution in [2.75, 3.05) is 13.1 Å². The Morgan fingerprint density at radius 2 is 1.78 bits per heavy atom. The summed E-state index contributed by atoms with van der Waals surface area (Å²) in [6.45, 7) is 5.43. The van der Waals surface area contributed by atoms with Crippen LogP contribution in [0.4, 0.5) is 0 Å². The molecule has 1 aliphatic carbocycles. The largest absolute Gasteiger partial charge is 0.327 e. The molecule has 2 aliphatic rings. The highest BCUT2D eigenvalue weighted by molar-refractivity contribution is 7.89. The number of sulfonamides is 1. The van der Waals surface area contributed by atoms with Crippen LogP contribution < -0.4 is 5.73 Å². The number of rotatable bonds is 3. The lowest BCUT2D eigenvalue weighted by Crippen LogP contribution is -2.38. The molecule has 1 heterocycles. The summed E-state index contributed by atoms with van der Waals surface area (Å²) in [7, 11) is -3.39. The standard InChI is InChI=1S/C17H26N2O2S.ClH/c1-12(2)13-6-8-15(9-7-13)22(20,21)19-10-14-4-3-5-17(18)16(14)11-19;/h6-9,12,14,16-17H,3-5,10-11,18H2,1-2H3;1H.